The molecule has 0 radical (unpaired) electrons. The molecular weight excluding hydrogens is 256 g/mol. The second-order valence-corrected chi connectivity index (χ2v) is 4.20. The molecule has 2 aromatic rings. The zero-order valence-corrected chi connectivity index (χ0v) is 10.8. The van der Waals surface area contributed by atoms with Crippen molar-refractivity contribution < 1.29 is 4.79 Å². The number of nitriles is 1. The molecule has 7 heteroatoms. The van der Waals surface area contributed by atoms with Crippen LogP contribution in [0.2, 0.25) is 0 Å². The van der Waals surface area contributed by atoms with Crippen molar-refractivity contribution in [1.29, 1.82) is 5.26 Å². The van der Waals surface area contributed by atoms with Gasteiger partial charge >= 0.3 is 0 Å². The van der Waals surface area contributed by atoms with E-state index in [1.165, 1.54) is 6.20 Å². The fourth-order valence-corrected chi connectivity index (χ4v) is 1.77. The smallest absolute Gasteiger partial charge is 0.274 e. The largest absolute Gasteiger partial charge is 0.396 e. The molecule has 0 bridgehead atoms. The first kappa shape index (κ1) is 13.5. The molecule has 0 unspecified atom stereocenters. The van der Waals surface area contributed by atoms with E-state index in [1.807, 2.05) is 12.1 Å². The molecule has 102 valence electrons. The number of nitrogens with two attached hydrogens (primary N) is 1. The minimum absolute atomic E-state index is 0.242. The monoisotopic (exact) mass is 270 g/mol. The van der Waals surface area contributed by atoms with E-state index in [9.17, 15) is 4.79 Å². The first-order valence-electron chi connectivity index (χ1n) is 6.06. The van der Waals surface area contributed by atoms with E-state index in [0.29, 0.717) is 18.8 Å². The van der Waals surface area contributed by atoms with Gasteiger partial charge in [0.05, 0.1) is 24.4 Å². The number of anilines is 1. The second-order valence-electron chi connectivity index (χ2n) is 4.20. The van der Waals surface area contributed by atoms with Crippen LogP contribution in [0, 0.1) is 11.3 Å². The van der Waals surface area contributed by atoms with Gasteiger partial charge in [-0.05, 0) is 11.6 Å². The van der Waals surface area contributed by atoms with Crippen molar-refractivity contribution in [1.82, 2.24) is 20.1 Å². The summed E-state index contributed by atoms with van der Waals surface area (Å²) in [6.45, 7) is 0.690. The van der Waals surface area contributed by atoms with Gasteiger partial charge < -0.3 is 10.6 Å². The predicted octanol–water partition coefficient (Wildman–Crippen LogP) is 0.943. The van der Waals surface area contributed by atoms with Crippen molar-refractivity contribution in [3.63, 3.8) is 0 Å². The van der Waals surface area contributed by atoms with Crippen LogP contribution in [0.5, 0.6) is 0 Å². The van der Waals surface area contributed by atoms with Gasteiger partial charge in [0.25, 0.3) is 5.91 Å². The number of H-pyrrole nitrogens is 1. The molecule has 2 aromatic heterocycles. The zero-order valence-electron chi connectivity index (χ0n) is 10.8. The van der Waals surface area contributed by atoms with E-state index in [0.717, 1.165) is 5.56 Å². The number of pyridine rings is 1. The number of nitrogens with one attached hydrogen (secondary N) is 1. The van der Waals surface area contributed by atoms with Crippen molar-refractivity contribution in [3.05, 3.63) is 42.0 Å². The highest BCUT2D eigenvalue weighted by molar-refractivity contribution is 5.96. The van der Waals surface area contributed by atoms with Gasteiger partial charge in [-0.15, -0.1) is 0 Å². The lowest BCUT2D eigenvalue weighted by Gasteiger charge is -2.21. The molecule has 3 N–H and O–H groups in total. The van der Waals surface area contributed by atoms with Gasteiger partial charge in [-0.2, -0.15) is 10.4 Å². The standard InChI is InChI=1S/C13H14N6O/c14-4-2-6-19(9-10-3-1-5-16-7-10)13(20)12-11(15)8-17-18-12/h1,3,5,7-8H,2,6,9,15H2,(H,17,18). The summed E-state index contributed by atoms with van der Waals surface area (Å²) in [5.74, 6) is -0.279. The van der Waals surface area contributed by atoms with Crippen molar-refractivity contribution >= 4 is 11.6 Å². The third kappa shape index (κ3) is 3.11. The fourth-order valence-electron chi connectivity index (χ4n) is 1.77. The molecule has 0 saturated heterocycles. The Kier molecular flexibility index (Phi) is 4.29. The van der Waals surface area contributed by atoms with E-state index >= 15 is 0 Å². The summed E-state index contributed by atoms with van der Waals surface area (Å²) >= 11 is 0. The molecule has 20 heavy (non-hydrogen) atoms. The highest BCUT2D eigenvalue weighted by Gasteiger charge is 2.19. The second kappa shape index (κ2) is 6.33. The summed E-state index contributed by atoms with van der Waals surface area (Å²) in [5.41, 5.74) is 7.11. The Labute approximate surface area is 116 Å². The maximum atomic E-state index is 12.4. The summed E-state index contributed by atoms with van der Waals surface area (Å²) in [6.07, 6.45) is 4.99. The molecule has 0 aliphatic carbocycles. The van der Waals surface area contributed by atoms with Gasteiger partial charge in [-0.25, -0.2) is 0 Å². The number of nitrogen functional groups attached to an aromatic ring is 1. The average molecular weight is 270 g/mol. The molecule has 0 aromatic carbocycles. The Balaban J connectivity index is 2.17. The van der Waals surface area contributed by atoms with E-state index in [-0.39, 0.29) is 18.0 Å². The van der Waals surface area contributed by atoms with E-state index in [2.05, 4.69) is 15.2 Å². The lowest BCUT2D eigenvalue weighted by atomic mass is 10.2. The van der Waals surface area contributed by atoms with Crippen molar-refractivity contribution in [3.8, 4) is 6.07 Å². The van der Waals surface area contributed by atoms with Crippen LogP contribution in [0.15, 0.2) is 30.7 Å². The highest BCUT2D eigenvalue weighted by Crippen LogP contribution is 2.13. The third-order valence-electron chi connectivity index (χ3n) is 2.76. The number of hydrogen-bond donors (Lipinski definition) is 2. The zero-order chi connectivity index (χ0) is 14.4. The molecule has 0 atom stereocenters. The quantitative estimate of drug-likeness (QED) is 0.839. The molecule has 1 amide bonds. The van der Waals surface area contributed by atoms with Crippen molar-refractivity contribution in [2.45, 2.75) is 13.0 Å². The lowest BCUT2D eigenvalue weighted by Crippen LogP contribution is -2.32. The van der Waals surface area contributed by atoms with Crippen LogP contribution in [-0.2, 0) is 6.54 Å². The summed E-state index contributed by atoms with van der Waals surface area (Å²) in [7, 11) is 0. The van der Waals surface area contributed by atoms with E-state index in [4.69, 9.17) is 11.0 Å². The summed E-state index contributed by atoms with van der Waals surface area (Å²) in [4.78, 5) is 17.9. The molecule has 0 saturated carbocycles. The first-order valence-corrected chi connectivity index (χ1v) is 6.06. The average Bonchev–Trinajstić information content (AvgIpc) is 2.90. The number of aromatic amines is 1. The van der Waals surface area contributed by atoms with E-state index in [1.54, 1.807) is 23.4 Å². The van der Waals surface area contributed by atoms with Crippen LogP contribution in [0.3, 0.4) is 0 Å². The number of carbonyl (C=O) groups excluding carboxylic acids is 1. The van der Waals surface area contributed by atoms with Crippen LogP contribution >= 0.6 is 0 Å². The minimum Gasteiger partial charge on any atom is -0.396 e. The highest BCUT2D eigenvalue weighted by atomic mass is 16.2. The SMILES string of the molecule is N#CCCN(Cc1cccnc1)C(=O)c1[nH]ncc1N. The first-order chi connectivity index (χ1) is 9.72. The van der Waals surface area contributed by atoms with Crippen molar-refractivity contribution in [2.24, 2.45) is 0 Å². The Morgan fingerprint density at radius 1 is 1.50 bits per heavy atom. The molecule has 0 aliphatic rings. The minimum atomic E-state index is -0.279. The number of nitrogens with zero attached hydrogens (tertiary/aromatic N) is 4. The number of carbonyl (C=O) groups is 1. The van der Waals surface area contributed by atoms with Crippen LogP contribution in [0.25, 0.3) is 0 Å². The summed E-state index contributed by atoms with van der Waals surface area (Å²) < 4.78 is 0. The van der Waals surface area contributed by atoms with Gasteiger partial charge in [0.2, 0.25) is 0 Å². The lowest BCUT2D eigenvalue weighted by molar-refractivity contribution is 0.0742. The maximum Gasteiger partial charge on any atom is 0.274 e. The van der Waals surface area contributed by atoms with Gasteiger partial charge in [0.15, 0.2) is 0 Å². The Bertz CT molecular complexity index is 615. The number of hydrogen-bond acceptors (Lipinski definition) is 5. The predicted molar refractivity (Wildman–Crippen MR) is 72.2 cm³/mol. The molecular formula is C13H14N6O. The molecule has 2 heterocycles. The van der Waals surface area contributed by atoms with Gasteiger partial charge in [0.1, 0.15) is 5.69 Å². The van der Waals surface area contributed by atoms with Crippen LogP contribution < -0.4 is 5.73 Å². The summed E-state index contributed by atoms with van der Waals surface area (Å²) in [6, 6.07) is 5.70. The Hall–Kier alpha value is -2.88. The number of amides is 1. The molecule has 2 rings (SSSR count). The van der Waals surface area contributed by atoms with Crippen LogP contribution in [0.1, 0.15) is 22.5 Å². The molecule has 0 fully saturated rings. The Morgan fingerprint density at radius 3 is 2.95 bits per heavy atom. The van der Waals surface area contributed by atoms with Crippen LogP contribution in [0.4, 0.5) is 5.69 Å². The van der Waals surface area contributed by atoms with Crippen LogP contribution in [-0.4, -0.2) is 32.5 Å². The normalized spacial score (nSPS) is 9.95. The molecule has 0 aliphatic heterocycles. The number of rotatable bonds is 5. The number of aromatic nitrogens is 3. The molecule has 0 spiro atoms. The van der Waals surface area contributed by atoms with Gasteiger partial charge in [-0.3, -0.25) is 14.9 Å². The third-order valence-corrected chi connectivity index (χ3v) is 2.76. The Morgan fingerprint density at radius 2 is 2.35 bits per heavy atom. The fraction of sp³-hybridized carbons (Fsp3) is 0.231. The molecule has 7 nitrogen and oxygen atoms in total. The topological polar surface area (TPSA) is 112 Å². The maximum absolute atomic E-state index is 12.4. The van der Waals surface area contributed by atoms with Crippen molar-refractivity contribution in [2.75, 3.05) is 12.3 Å². The van der Waals surface area contributed by atoms with E-state index < -0.39 is 0 Å². The van der Waals surface area contributed by atoms with Gasteiger partial charge in [-0.1, -0.05) is 6.07 Å². The summed E-state index contributed by atoms with van der Waals surface area (Å²) in [5, 5.41) is 15.0. The van der Waals surface area contributed by atoms with Gasteiger partial charge in [0, 0.05) is 25.5 Å².